The lowest BCUT2D eigenvalue weighted by molar-refractivity contribution is -0.135. The molecule has 0 spiro atoms. The molecule has 0 saturated heterocycles. The first-order valence-electron chi connectivity index (χ1n) is 4.77. The van der Waals surface area contributed by atoms with Crippen LogP contribution >= 0.6 is 11.6 Å². The van der Waals surface area contributed by atoms with Crippen molar-refractivity contribution in [2.75, 3.05) is 0 Å². The lowest BCUT2D eigenvalue weighted by atomic mass is 10.1. The van der Waals surface area contributed by atoms with E-state index >= 15 is 0 Å². The highest BCUT2D eigenvalue weighted by Crippen LogP contribution is 2.34. The summed E-state index contributed by atoms with van der Waals surface area (Å²) < 4.78 is 41.0. The third kappa shape index (κ3) is 5.08. The second-order valence-corrected chi connectivity index (χ2v) is 3.98. The number of hydrogen-bond acceptors (Lipinski definition) is 2. The summed E-state index contributed by atoms with van der Waals surface area (Å²) in [6.07, 6.45) is -5.40. The molecule has 0 heterocycles. The summed E-state index contributed by atoms with van der Waals surface area (Å²) in [6, 6.07) is 5.62. The average molecular weight is 267 g/mol. The molecule has 0 radical (unpaired) electrons. The van der Waals surface area contributed by atoms with Crippen LogP contribution in [0.1, 0.15) is 24.3 Å². The third-order valence-electron chi connectivity index (χ3n) is 1.91. The molecule has 0 aliphatic rings. The zero-order valence-electron chi connectivity index (χ0n) is 8.92. The molecule has 17 heavy (non-hydrogen) atoms. The molecule has 1 aromatic carbocycles. The highest BCUT2D eigenvalue weighted by atomic mass is 35.5. The highest BCUT2D eigenvalue weighted by Gasteiger charge is 2.31. The Morgan fingerprint density at radius 1 is 1.35 bits per heavy atom. The molecule has 0 bridgehead atoms. The first kappa shape index (κ1) is 13.8. The Labute approximate surface area is 101 Å². The number of carbonyl (C=O) groups excluding carboxylic acids is 1. The average Bonchev–Trinajstić information content (AvgIpc) is 2.15. The number of alkyl halides is 4. The van der Waals surface area contributed by atoms with Gasteiger partial charge in [0, 0.05) is 6.92 Å². The lowest BCUT2D eigenvalue weighted by Gasteiger charge is -2.12. The van der Waals surface area contributed by atoms with Gasteiger partial charge >= 0.3 is 12.1 Å². The van der Waals surface area contributed by atoms with Crippen LogP contribution < -0.4 is 4.74 Å². The van der Waals surface area contributed by atoms with Crippen molar-refractivity contribution in [3.05, 3.63) is 29.8 Å². The van der Waals surface area contributed by atoms with Gasteiger partial charge in [-0.2, -0.15) is 13.2 Å². The number of ether oxygens (including phenoxy) is 1. The maximum atomic E-state index is 12.1. The molecule has 1 rings (SSSR count). The van der Waals surface area contributed by atoms with E-state index < -0.39 is 23.9 Å². The first-order valence-corrected chi connectivity index (χ1v) is 5.21. The number of benzene rings is 1. The Morgan fingerprint density at radius 3 is 2.29 bits per heavy atom. The van der Waals surface area contributed by atoms with E-state index in [9.17, 15) is 18.0 Å². The summed E-state index contributed by atoms with van der Waals surface area (Å²) in [5.41, 5.74) is 0.333. The van der Waals surface area contributed by atoms with Crippen LogP contribution in [0.5, 0.6) is 5.75 Å². The smallest absolute Gasteiger partial charge is 0.390 e. The molecule has 0 fully saturated rings. The van der Waals surface area contributed by atoms with Gasteiger partial charge in [0.15, 0.2) is 0 Å². The molecule has 1 atom stereocenters. The molecule has 6 heteroatoms. The van der Waals surface area contributed by atoms with Gasteiger partial charge in [0.25, 0.3) is 0 Å². The van der Waals surface area contributed by atoms with E-state index in [4.69, 9.17) is 16.3 Å². The molecule has 1 aromatic rings. The third-order valence-corrected chi connectivity index (χ3v) is 2.32. The van der Waals surface area contributed by atoms with Gasteiger partial charge in [-0.25, -0.2) is 0 Å². The van der Waals surface area contributed by atoms with Crippen molar-refractivity contribution in [2.24, 2.45) is 0 Å². The van der Waals surface area contributed by atoms with Crippen LogP contribution in [0, 0.1) is 0 Å². The summed E-state index contributed by atoms with van der Waals surface area (Å²) in [7, 11) is 0. The van der Waals surface area contributed by atoms with Crippen LogP contribution in [0.15, 0.2) is 24.3 Å². The van der Waals surface area contributed by atoms with E-state index in [0.29, 0.717) is 5.56 Å². The van der Waals surface area contributed by atoms with E-state index in [1.807, 2.05) is 0 Å². The molecule has 2 nitrogen and oxygen atoms in total. The first-order chi connectivity index (χ1) is 7.78. The molecule has 0 amide bonds. The van der Waals surface area contributed by atoms with Gasteiger partial charge < -0.3 is 4.74 Å². The van der Waals surface area contributed by atoms with Gasteiger partial charge in [-0.15, -0.1) is 11.6 Å². The molecule has 0 N–H and O–H groups in total. The number of halogens is 4. The summed E-state index contributed by atoms with van der Waals surface area (Å²) in [5, 5.41) is -1.14. The van der Waals surface area contributed by atoms with Crippen molar-refractivity contribution in [3.63, 3.8) is 0 Å². The minimum absolute atomic E-state index is 0.275. The molecule has 94 valence electrons. The van der Waals surface area contributed by atoms with Gasteiger partial charge in [-0.1, -0.05) is 12.1 Å². The predicted molar refractivity (Wildman–Crippen MR) is 57.0 cm³/mol. The Kier molecular flexibility index (Phi) is 4.40. The zero-order valence-corrected chi connectivity index (χ0v) is 9.68. The fourth-order valence-corrected chi connectivity index (χ4v) is 1.55. The van der Waals surface area contributed by atoms with Crippen molar-refractivity contribution < 1.29 is 22.7 Å². The topological polar surface area (TPSA) is 26.3 Å². The normalized spacial score (nSPS) is 13.2. The van der Waals surface area contributed by atoms with E-state index in [0.717, 1.165) is 0 Å². The van der Waals surface area contributed by atoms with Crippen LogP contribution in [-0.2, 0) is 4.79 Å². The van der Waals surface area contributed by atoms with Gasteiger partial charge in [0.1, 0.15) is 5.75 Å². The Morgan fingerprint density at radius 2 is 1.88 bits per heavy atom. The largest absolute Gasteiger partial charge is 0.427 e. The van der Waals surface area contributed by atoms with E-state index in [1.165, 1.54) is 31.2 Å². The van der Waals surface area contributed by atoms with Gasteiger partial charge in [0.05, 0.1) is 11.8 Å². The van der Waals surface area contributed by atoms with Crippen molar-refractivity contribution in [2.45, 2.75) is 24.9 Å². The second kappa shape index (κ2) is 5.40. The van der Waals surface area contributed by atoms with Gasteiger partial charge in [-0.05, 0) is 17.7 Å². The summed E-state index contributed by atoms with van der Waals surface area (Å²) in [5.74, 6) is -0.215. The minimum atomic E-state index is -4.30. The molecular formula is C11H10ClF3O2. The standard InChI is InChI=1S/C11H10ClF3O2/c1-7(16)17-9-4-2-8(3-5-9)10(12)6-11(13,14)15/h2-5,10H,6H2,1H3. The molecule has 0 saturated carbocycles. The van der Waals surface area contributed by atoms with E-state index in [2.05, 4.69) is 0 Å². The zero-order chi connectivity index (χ0) is 13.1. The number of carbonyl (C=O) groups is 1. The number of rotatable bonds is 3. The Bertz CT molecular complexity index is 387. The van der Waals surface area contributed by atoms with Crippen LogP contribution in [0.2, 0.25) is 0 Å². The maximum Gasteiger partial charge on any atom is 0.390 e. The van der Waals surface area contributed by atoms with Crippen molar-refractivity contribution >= 4 is 17.6 Å². The van der Waals surface area contributed by atoms with Crippen molar-refractivity contribution in [3.8, 4) is 5.75 Å². The van der Waals surface area contributed by atoms with Crippen LogP contribution in [-0.4, -0.2) is 12.1 Å². The lowest BCUT2D eigenvalue weighted by Crippen LogP contribution is -2.10. The molecular weight excluding hydrogens is 257 g/mol. The van der Waals surface area contributed by atoms with E-state index in [1.54, 1.807) is 0 Å². The Balaban J connectivity index is 2.70. The molecule has 1 unspecified atom stereocenters. The van der Waals surface area contributed by atoms with E-state index in [-0.39, 0.29) is 5.75 Å². The second-order valence-electron chi connectivity index (χ2n) is 3.45. The number of esters is 1. The maximum absolute atomic E-state index is 12.1. The van der Waals surface area contributed by atoms with Crippen molar-refractivity contribution in [1.29, 1.82) is 0 Å². The van der Waals surface area contributed by atoms with Gasteiger partial charge in [0.2, 0.25) is 0 Å². The Hall–Kier alpha value is -1.23. The summed E-state index contributed by atoms with van der Waals surface area (Å²) >= 11 is 5.62. The summed E-state index contributed by atoms with van der Waals surface area (Å²) in [4.78, 5) is 10.6. The van der Waals surface area contributed by atoms with Crippen LogP contribution in [0.3, 0.4) is 0 Å². The fraction of sp³-hybridized carbons (Fsp3) is 0.364. The fourth-order valence-electron chi connectivity index (χ4n) is 1.23. The summed E-state index contributed by atoms with van der Waals surface area (Å²) in [6.45, 7) is 1.24. The van der Waals surface area contributed by atoms with Crippen LogP contribution in [0.4, 0.5) is 13.2 Å². The molecule has 0 aliphatic heterocycles. The number of hydrogen-bond donors (Lipinski definition) is 0. The highest BCUT2D eigenvalue weighted by molar-refractivity contribution is 6.20. The van der Waals surface area contributed by atoms with Crippen molar-refractivity contribution in [1.82, 2.24) is 0 Å². The van der Waals surface area contributed by atoms with Gasteiger partial charge in [-0.3, -0.25) is 4.79 Å². The minimum Gasteiger partial charge on any atom is -0.427 e. The predicted octanol–water partition coefficient (Wildman–Crippen LogP) is 3.84. The molecule has 0 aromatic heterocycles. The molecule has 0 aliphatic carbocycles. The van der Waals surface area contributed by atoms with Crippen LogP contribution in [0.25, 0.3) is 0 Å². The SMILES string of the molecule is CC(=O)Oc1ccc(C(Cl)CC(F)(F)F)cc1. The quantitative estimate of drug-likeness (QED) is 0.472. The monoisotopic (exact) mass is 266 g/mol.